The predicted octanol–water partition coefficient (Wildman–Crippen LogP) is 1.03. The van der Waals surface area contributed by atoms with Crippen LogP contribution in [0, 0.1) is 5.92 Å². The van der Waals surface area contributed by atoms with Gasteiger partial charge in [0.1, 0.15) is 5.54 Å². The highest BCUT2D eigenvalue weighted by Crippen LogP contribution is 2.12. The van der Waals surface area contributed by atoms with Crippen LogP contribution < -0.4 is 5.32 Å². The van der Waals surface area contributed by atoms with Gasteiger partial charge in [0.25, 0.3) is 0 Å². The van der Waals surface area contributed by atoms with Gasteiger partial charge in [0.15, 0.2) is 0 Å². The van der Waals surface area contributed by atoms with Gasteiger partial charge in [-0.15, -0.1) is 0 Å². The van der Waals surface area contributed by atoms with Crippen molar-refractivity contribution < 1.29 is 9.90 Å². The summed E-state index contributed by atoms with van der Waals surface area (Å²) in [6, 6.07) is 0.372. The summed E-state index contributed by atoms with van der Waals surface area (Å²) in [5.41, 5.74) is -0.877. The Hall–Kier alpha value is -0.610. The molecule has 0 radical (unpaired) electrons. The first-order valence-electron chi connectivity index (χ1n) is 5.37. The zero-order valence-corrected chi connectivity index (χ0v) is 10.7. The maximum atomic E-state index is 11.1. The van der Waals surface area contributed by atoms with E-state index in [0.717, 1.165) is 0 Å². The fraction of sp³-hybridized carbons (Fsp3) is 0.909. The van der Waals surface area contributed by atoms with E-state index in [4.69, 9.17) is 5.11 Å². The number of carbonyl (C=O) groups is 1. The Morgan fingerprint density at radius 1 is 1.47 bits per heavy atom. The summed E-state index contributed by atoms with van der Waals surface area (Å²) >= 11 is 0. The van der Waals surface area contributed by atoms with Crippen LogP contribution in [0.1, 0.15) is 27.7 Å². The van der Waals surface area contributed by atoms with Crippen molar-refractivity contribution in [1.82, 2.24) is 10.2 Å². The molecule has 2 atom stereocenters. The standard InChI is InChI=1S/C11H24N2O2/c1-8(2)9(3)13(6)7-11(4,12-5)10(14)15/h8-9,12H,7H2,1-6H3,(H,14,15). The molecule has 4 heteroatoms. The first-order chi connectivity index (χ1) is 6.74. The molecule has 0 aliphatic rings. The molecule has 2 N–H and O–H groups in total. The maximum absolute atomic E-state index is 11.1. The Morgan fingerprint density at radius 2 is 1.93 bits per heavy atom. The molecule has 90 valence electrons. The third-order valence-electron chi connectivity index (χ3n) is 3.25. The van der Waals surface area contributed by atoms with E-state index < -0.39 is 11.5 Å². The van der Waals surface area contributed by atoms with Gasteiger partial charge in [-0.1, -0.05) is 13.8 Å². The molecule has 0 aromatic heterocycles. The smallest absolute Gasteiger partial charge is 0.324 e. The molecule has 4 nitrogen and oxygen atoms in total. The molecule has 0 aliphatic heterocycles. The zero-order valence-electron chi connectivity index (χ0n) is 10.7. The SMILES string of the molecule is CNC(C)(CN(C)C(C)C(C)C)C(=O)O. The number of aliphatic carboxylic acids is 1. The lowest BCUT2D eigenvalue weighted by molar-refractivity contribution is -0.144. The van der Waals surface area contributed by atoms with Gasteiger partial charge < -0.3 is 15.3 Å². The first kappa shape index (κ1) is 14.4. The maximum Gasteiger partial charge on any atom is 0.324 e. The van der Waals surface area contributed by atoms with E-state index in [0.29, 0.717) is 18.5 Å². The second-order valence-corrected chi connectivity index (χ2v) is 4.79. The van der Waals surface area contributed by atoms with Crippen LogP contribution >= 0.6 is 0 Å². The largest absolute Gasteiger partial charge is 0.480 e. The Bertz CT molecular complexity index is 219. The minimum Gasteiger partial charge on any atom is -0.480 e. The molecule has 0 saturated carbocycles. The Balaban J connectivity index is 4.49. The molecular formula is C11H24N2O2. The van der Waals surface area contributed by atoms with Crippen molar-refractivity contribution in [2.24, 2.45) is 5.92 Å². The third-order valence-corrected chi connectivity index (χ3v) is 3.25. The molecule has 0 rings (SSSR count). The lowest BCUT2D eigenvalue weighted by atomic mass is 9.99. The molecule has 0 aliphatic carbocycles. The molecule has 15 heavy (non-hydrogen) atoms. The monoisotopic (exact) mass is 216 g/mol. The van der Waals surface area contributed by atoms with E-state index in [1.807, 2.05) is 7.05 Å². The summed E-state index contributed by atoms with van der Waals surface area (Å²) < 4.78 is 0. The molecular weight excluding hydrogens is 192 g/mol. The molecule has 0 aromatic rings. The minimum absolute atomic E-state index is 0.372. The van der Waals surface area contributed by atoms with Crippen LogP contribution in [0.2, 0.25) is 0 Å². The first-order valence-corrected chi connectivity index (χ1v) is 5.37. The predicted molar refractivity (Wildman–Crippen MR) is 62.0 cm³/mol. The molecule has 2 unspecified atom stereocenters. The van der Waals surface area contributed by atoms with E-state index in [1.165, 1.54) is 0 Å². The van der Waals surface area contributed by atoms with Crippen molar-refractivity contribution in [2.45, 2.75) is 39.3 Å². The van der Waals surface area contributed by atoms with E-state index in [9.17, 15) is 4.79 Å². The summed E-state index contributed by atoms with van der Waals surface area (Å²) in [7, 11) is 3.64. The number of hydrogen-bond acceptors (Lipinski definition) is 3. The second kappa shape index (κ2) is 5.47. The van der Waals surface area contributed by atoms with Crippen molar-refractivity contribution in [1.29, 1.82) is 0 Å². The van der Waals surface area contributed by atoms with Crippen LogP contribution in [0.15, 0.2) is 0 Å². The summed E-state index contributed by atoms with van der Waals surface area (Å²) in [4.78, 5) is 13.2. The van der Waals surface area contributed by atoms with Crippen LogP contribution in [0.25, 0.3) is 0 Å². The fourth-order valence-electron chi connectivity index (χ4n) is 1.41. The third kappa shape index (κ3) is 3.80. The molecule has 0 fully saturated rings. The van der Waals surface area contributed by atoms with E-state index in [2.05, 4.69) is 31.0 Å². The van der Waals surface area contributed by atoms with Crippen LogP contribution in [0.4, 0.5) is 0 Å². The molecule has 0 aromatic carbocycles. The van der Waals surface area contributed by atoms with Crippen molar-refractivity contribution in [3.05, 3.63) is 0 Å². The van der Waals surface area contributed by atoms with Crippen LogP contribution in [-0.4, -0.2) is 48.2 Å². The summed E-state index contributed by atoms with van der Waals surface area (Å²) in [6.45, 7) is 8.59. The molecule has 0 spiro atoms. The highest BCUT2D eigenvalue weighted by Gasteiger charge is 2.33. The zero-order chi connectivity index (χ0) is 12.2. The molecule has 0 bridgehead atoms. The molecule has 0 heterocycles. The van der Waals surface area contributed by atoms with Gasteiger partial charge in [-0.25, -0.2) is 0 Å². The molecule has 0 saturated heterocycles. The van der Waals surface area contributed by atoms with Gasteiger partial charge >= 0.3 is 5.97 Å². The van der Waals surface area contributed by atoms with Crippen molar-refractivity contribution >= 4 is 5.97 Å². The number of rotatable bonds is 6. The minimum atomic E-state index is -0.877. The number of likely N-dealkylation sites (N-methyl/N-ethyl adjacent to an activating group) is 2. The van der Waals surface area contributed by atoms with E-state index in [1.54, 1.807) is 14.0 Å². The van der Waals surface area contributed by atoms with Gasteiger partial charge in [0.2, 0.25) is 0 Å². The number of hydrogen-bond donors (Lipinski definition) is 2. The average molecular weight is 216 g/mol. The second-order valence-electron chi connectivity index (χ2n) is 4.79. The lowest BCUT2D eigenvalue weighted by Gasteiger charge is -2.34. The number of carboxylic acid groups (broad SMARTS) is 1. The topological polar surface area (TPSA) is 52.6 Å². The fourth-order valence-corrected chi connectivity index (χ4v) is 1.41. The number of nitrogens with zero attached hydrogens (tertiary/aromatic N) is 1. The Labute approximate surface area is 92.7 Å². The summed E-state index contributed by atoms with van der Waals surface area (Å²) in [5.74, 6) is -0.294. The van der Waals surface area contributed by atoms with E-state index >= 15 is 0 Å². The highest BCUT2D eigenvalue weighted by molar-refractivity contribution is 5.78. The van der Waals surface area contributed by atoms with Gasteiger partial charge in [-0.05, 0) is 33.9 Å². The Kier molecular flexibility index (Phi) is 5.24. The van der Waals surface area contributed by atoms with Crippen LogP contribution in [0.5, 0.6) is 0 Å². The van der Waals surface area contributed by atoms with Gasteiger partial charge in [-0.3, -0.25) is 4.79 Å². The lowest BCUT2D eigenvalue weighted by Crippen LogP contribution is -2.56. The van der Waals surface area contributed by atoms with Gasteiger partial charge in [-0.2, -0.15) is 0 Å². The van der Waals surface area contributed by atoms with Crippen molar-refractivity contribution in [3.8, 4) is 0 Å². The average Bonchev–Trinajstić information content (AvgIpc) is 2.15. The summed E-state index contributed by atoms with van der Waals surface area (Å²) in [6.07, 6.45) is 0. The highest BCUT2D eigenvalue weighted by atomic mass is 16.4. The number of carboxylic acids is 1. The van der Waals surface area contributed by atoms with Crippen molar-refractivity contribution in [3.63, 3.8) is 0 Å². The van der Waals surface area contributed by atoms with Gasteiger partial charge in [0.05, 0.1) is 0 Å². The van der Waals surface area contributed by atoms with E-state index in [-0.39, 0.29) is 0 Å². The number of nitrogens with one attached hydrogen (secondary N) is 1. The van der Waals surface area contributed by atoms with Crippen LogP contribution in [0.3, 0.4) is 0 Å². The normalized spacial score (nSPS) is 17.9. The van der Waals surface area contributed by atoms with Gasteiger partial charge in [0, 0.05) is 12.6 Å². The molecule has 0 amide bonds. The quantitative estimate of drug-likeness (QED) is 0.696. The van der Waals surface area contributed by atoms with Crippen LogP contribution in [-0.2, 0) is 4.79 Å². The Morgan fingerprint density at radius 3 is 2.20 bits per heavy atom. The summed E-state index contributed by atoms with van der Waals surface area (Å²) in [5, 5.41) is 12.0. The van der Waals surface area contributed by atoms with Crippen molar-refractivity contribution in [2.75, 3.05) is 20.6 Å².